The molecule has 0 amide bonds. The summed E-state index contributed by atoms with van der Waals surface area (Å²) in [6.07, 6.45) is 4.29. The molecule has 7 heteroatoms. The summed E-state index contributed by atoms with van der Waals surface area (Å²) in [5, 5.41) is 0. The van der Waals surface area contributed by atoms with Crippen molar-refractivity contribution in [2.45, 2.75) is 39.5 Å². The van der Waals surface area contributed by atoms with Crippen LogP contribution in [0.3, 0.4) is 0 Å². The molecule has 0 atom stereocenters. The summed E-state index contributed by atoms with van der Waals surface area (Å²) in [5.74, 6) is 0.187. The van der Waals surface area contributed by atoms with Gasteiger partial charge in [-0.1, -0.05) is 44.5 Å². The first kappa shape index (κ1) is 25.8. The van der Waals surface area contributed by atoms with Crippen LogP contribution in [0, 0.1) is 0 Å². The highest BCUT2D eigenvalue weighted by Gasteiger charge is 2.18. The Morgan fingerprint density at radius 1 is 0.848 bits per heavy atom. The van der Waals surface area contributed by atoms with Crippen LogP contribution in [0.5, 0.6) is 17.2 Å². The van der Waals surface area contributed by atoms with E-state index in [9.17, 15) is 9.59 Å². The Hall–Kier alpha value is -3.48. The highest BCUT2D eigenvalue weighted by atomic mass is 16.6. The van der Waals surface area contributed by atoms with Crippen LogP contribution in [0.1, 0.15) is 37.8 Å². The molecule has 178 valence electrons. The highest BCUT2D eigenvalue weighted by molar-refractivity contribution is 5.95. The largest absolute Gasteiger partial charge is 0.493 e. The molecule has 0 radical (unpaired) electrons. The minimum atomic E-state index is -0.783. The maximum atomic E-state index is 12.0. The van der Waals surface area contributed by atoms with Gasteiger partial charge in [0, 0.05) is 12.0 Å². The zero-order chi connectivity index (χ0) is 24.1. The Morgan fingerprint density at radius 2 is 1.52 bits per heavy atom. The lowest BCUT2D eigenvalue weighted by molar-refractivity contribution is -0.140. The molecule has 2 rings (SSSR count). The van der Waals surface area contributed by atoms with Crippen molar-refractivity contribution in [3.63, 3.8) is 0 Å². The van der Waals surface area contributed by atoms with Crippen LogP contribution in [0.4, 0.5) is 0 Å². The van der Waals surface area contributed by atoms with Gasteiger partial charge >= 0.3 is 11.9 Å². The van der Waals surface area contributed by atoms with E-state index in [-0.39, 0.29) is 5.76 Å². The molecule has 0 aliphatic carbocycles. The molecule has 33 heavy (non-hydrogen) atoms. The number of hydrogen-bond acceptors (Lipinski definition) is 7. The molecule has 0 aliphatic rings. The maximum Gasteiger partial charge on any atom is 0.374 e. The average Bonchev–Trinajstić information content (AvgIpc) is 2.84. The van der Waals surface area contributed by atoms with E-state index in [0.29, 0.717) is 37.6 Å². The predicted octanol–water partition coefficient (Wildman–Crippen LogP) is 4.66. The van der Waals surface area contributed by atoms with Crippen LogP contribution in [0.15, 0.2) is 54.3 Å². The van der Waals surface area contributed by atoms with E-state index in [1.807, 2.05) is 31.2 Å². The van der Waals surface area contributed by atoms with Gasteiger partial charge < -0.3 is 23.7 Å². The Kier molecular flexibility index (Phi) is 10.8. The number of aryl methyl sites for hydroxylation is 1. The Morgan fingerprint density at radius 3 is 2.18 bits per heavy atom. The van der Waals surface area contributed by atoms with E-state index in [4.69, 9.17) is 18.9 Å². The van der Waals surface area contributed by atoms with Crippen molar-refractivity contribution in [2.75, 3.05) is 27.4 Å². The number of ether oxygens (including phenoxy) is 5. The van der Waals surface area contributed by atoms with Crippen molar-refractivity contribution in [3.8, 4) is 17.2 Å². The van der Waals surface area contributed by atoms with Gasteiger partial charge in [0.15, 0.2) is 0 Å². The lowest BCUT2D eigenvalue weighted by Crippen LogP contribution is -2.14. The zero-order valence-electron chi connectivity index (χ0n) is 19.7. The highest BCUT2D eigenvalue weighted by Crippen LogP contribution is 2.31. The number of para-hydroxylation sites is 1. The van der Waals surface area contributed by atoms with Crippen LogP contribution in [-0.4, -0.2) is 39.4 Å². The van der Waals surface area contributed by atoms with Gasteiger partial charge in [0.25, 0.3) is 0 Å². The fourth-order valence-corrected chi connectivity index (χ4v) is 3.18. The van der Waals surface area contributed by atoms with Gasteiger partial charge in [-0.3, -0.25) is 0 Å². The van der Waals surface area contributed by atoms with Crippen molar-refractivity contribution >= 4 is 11.9 Å². The van der Waals surface area contributed by atoms with Gasteiger partial charge in [-0.2, -0.15) is 0 Å². The number of benzene rings is 2. The second kappa shape index (κ2) is 13.8. The molecule has 0 unspecified atom stereocenters. The minimum absolute atomic E-state index is 0.268. The van der Waals surface area contributed by atoms with Gasteiger partial charge in [-0.15, -0.1) is 0 Å². The van der Waals surface area contributed by atoms with E-state index < -0.39 is 11.9 Å². The number of rotatable bonds is 13. The number of carbonyl (C=O) groups excluding carboxylic acids is 2. The van der Waals surface area contributed by atoms with Crippen molar-refractivity contribution in [1.29, 1.82) is 0 Å². The van der Waals surface area contributed by atoms with Gasteiger partial charge in [-0.25, -0.2) is 9.59 Å². The number of methoxy groups -OCH3 is 2. The van der Waals surface area contributed by atoms with Gasteiger partial charge in [-0.05, 0) is 36.6 Å². The summed E-state index contributed by atoms with van der Waals surface area (Å²) in [7, 11) is 2.42. The predicted molar refractivity (Wildman–Crippen MR) is 125 cm³/mol. The molecule has 0 heterocycles. The molecule has 0 bridgehead atoms. The van der Waals surface area contributed by atoms with Gasteiger partial charge in [0.05, 0.1) is 33.5 Å². The molecule has 0 N–H and O–H groups in total. The molecular formula is C26H32O7. The lowest BCUT2D eigenvalue weighted by Gasteiger charge is -2.16. The number of esters is 2. The van der Waals surface area contributed by atoms with Crippen LogP contribution >= 0.6 is 0 Å². The first-order chi connectivity index (χ1) is 16.0. The van der Waals surface area contributed by atoms with Crippen LogP contribution in [0.2, 0.25) is 0 Å². The molecule has 0 saturated heterocycles. The van der Waals surface area contributed by atoms with E-state index >= 15 is 0 Å². The summed E-state index contributed by atoms with van der Waals surface area (Å²) in [4.78, 5) is 23.6. The molecule has 0 spiro atoms. The summed E-state index contributed by atoms with van der Waals surface area (Å²) in [6.45, 7) is 5.08. The standard InChI is InChI=1S/C26H32O7/c1-5-11-19-12-7-8-13-21(19)31-16-10-17-32-22-14-9-15-23(20(22)6-2)33-24(26(28)30-4)18-25(27)29-3/h7-9,12-15,18H,5-6,10-11,16-17H2,1-4H3/b24-18-. The number of hydrogen-bond donors (Lipinski definition) is 0. The van der Waals surface area contributed by atoms with Crippen LogP contribution in [-0.2, 0) is 31.9 Å². The Labute approximate surface area is 195 Å². The molecule has 2 aromatic rings. The molecular weight excluding hydrogens is 424 g/mol. The monoisotopic (exact) mass is 456 g/mol. The Bertz CT molecular complexity index is 949. The SMILES string of the molecule is CCCc1ccccc1OCCCOc1cccc(O/C(=C\C(=O)OC)C(=O)OC)c1CC. The third-order valence-corrected chi connectivity index (χ3v) is 4.80. The molecule has 0 fully saturated rings. The second-order valence-corrected chi connectivity index (χ2v) is 7.12. The lowest BCUT2D eigenvalue weighted by atomic mass is 10.1. The summed E-state index contributed by atoms with van der Waals surface area (Å²) < 4.78 is 26.9. The van der Waals surface area contributed by atoms with Crippen molar-refractivity contribution in [2.24, 2.45) is 0 Å². The van der Waals surface area contributed by atoms with E-state index in [1.54, 1.807) is 12.1 Å². The topological polar surface area (TPSA) is 80.3 Å². The van der Waals surface area contributed by atoms with Crippen LogP contribution in [0.25, 0.3) is 0 Å². The summed E-state index contributed by atoms with van der Waals surface area (Å²) >= 11 is 0. The van der Waals surface area contributed by atoms with E-state index in [1.165, 1.54) is 19.8 Å². The third-order valence-electron chi connectivity index (χ3n) is 4.80. The second-order valence-electron chi connectivity index (χ2n) is 7.12. The Balaban J connectivity index is 2.01. The number of carbonyl (C=O) groups is 2. The third kappa shape index (κ3) is 7.86. The smallest absolute Gasteiger partial charge is 0.374 e. The van der Waals surface area contributed by atoms with E-state index in [2.05, 4.69) is 17.7 Å². The molecule has 2 aromatic carbocycles. The van der Waals surface area contributed by atoms with Crippen molar-refractivity contribution < 1.29 is 33.3 Å². The van der Waals surface area contributed by atoms with Crippen LogP contribution < -0.4 is 14.2 Å². The van der Waals surface area contributed by atoms with Gasteiger partial charge in [0.2, 0.25) is 5.76 Å². The van der Waals surface area contributed by atoms with E-state index in [0.717, 1.165) is 30.2 Å². The first-order valence-electron chi connectivity index (χ1n) is 11.0. The van der Waals surface area contributed by atoms with Crippen molar-refractivity contribution in [3.05, 3.63) is 65.4 Å². The summed E-state index contributed by atoms with van der Waals surface area (Å²) in [6, 6.07) is 13.4. The fraction of sp³-hybridized carbons (Fsp3) is 0.385. The molecule has 0 aromatic heterocycles. The fourth-order valence-electron chi connectivity index (χ4n) is 3.18. The maximum absolute atomic E-state index is 12.0. The van der Waals surface area contributed by atoms with Gasteiger partial charge in [0.1, 0.15) is 17.2 Å². The van der Waals surface area contributed by atoms with Crippen molar-refractivity contribution in [1.82, 2.24) is 0 Å². The minimum Gasteiger partial charge on any atom is -0.493 e. The molecule has 7 nitrogen and oxygen atoms in total. The summed E-state index contributed by atoms with van der Waals surface area (Å²) in [5.41, 5.74) is 1.98. The average molecular weight is 457 g/mol. The first-order valence-corrected chi connectivity index (χ1v) is 11.0. The molecule has 0 aliphatic heterocycles. The zero-order valence-corrected chi connectivity index (χ0v) is 19.7. The molecule has 0 saturated carbocycles. The normalized spacial score (nSPS) is 11.0. The quantitative estimate of drug-likeness (QED) is 0.188.